The molecule has 0 spiro atoms. The number of fused-ring (bicyclic) bond motifs is 1. The third-order valence-electron chi connectivity index (χ3n) is 4.94. The van der Waals surface area contributed by atoms with Gasteiger partial charge in [0.2, 0.25) is 5.91 Å². The van der Waals surface area contributed by atoms with Gasteiger partial charge < -0.3 is 5.32 Å². The maximum absolute atomic E-state index is 12.2. The quantitative estimate of drug-likeness (QED) is 0.903. The molecule has 4 rings (SSSR count). The summed E-state index contributed by atoms with van der Waals surface area (Å²) >= 11 is 5.93. The van der Waals surface area contributed by atoms with Gasteiger partial charge in [-0.25, -0.2) is 4.98 Å². The maximum Gasteiger partial charge on any atom is 0.258 e. The van der Waals surface area contributed by atoms with Crippen molar-refractivity contribution in [1.82, 2.24) is 19.6 Å². The number of piperidine rings is 1. The van der Waals surface area contributed by atoms with Crippen LogP contribution in [0.1, 0.15) is 31.4 Å². The van der Waals surface area contributed by atoms with Crippen LogP contribution in [-0.4, -0.2) is 39.3 Å². The van der Waals surface area contributed by atoms with E-state index >= 15 is 0 Å². The molecule has 0 radical (unpaired) electrons. The predicted molar refractivity (Wildman–Crippen MR) is 95.6 cm³/mol. The molecule has 1 aliphatic carbocycles. The molecule has 2 aromatic rings. The Morgan fingerprint density at radius 2 is 2.00 bits per heavy atom. The van der Waals surface area contributed by atoms with E-state index in [9.17, 15) is 9.59 Å². The molecule has 3 heterocycles. The van der Waals surface area contributed by atoms with Gasteiger partial charge in [0.15, 0.2) is 0 Å². The van der Waals surface area contributed by atoms with E-state index in [2.05, 4.69) is 15.2 Å². The lowest BCUT2D eigenvalue weighted by Crippen LogP contribution is -2.45. The van der Waals surface area contributed by atoms with E-state index in [1.165, 1.54) is 4.40 Å². The van der Waals surface area contributed by atoms with Gasteiger partial charge in [-0.05, 0) is 37.8 Å². The molecule has 1 aliphatic heterocycles. The number of carbonyl (C=O) groups excluding carboxylic acids is 1. The summed E-state index contributed by atoms with van der Waals surface area (Å²) in [5, 5.41) is 3.67. The average Bonchev–Trinajstić information content (AvgIpc) is 3.42. The van der Waals surface area contributed by atoms with Crippen molar-refractivity contribution in [2.24, 2.45) is 5.92 Å². The number of halogens is 1. The lowest BCUT2D eigenvalue weighted by molar-refractivity contribution is -0.123. The summed E-state index contributed by atoms with van der Waals surface area (Å²) in [6, 6.07) is 5.35. The zero-order chi connectivity index (χ0) is 17.4. The number of rotatable bonds is 4. The Kier molecular flexibility index (Phi) is 4.48. The summed E-state index contributed by atoms with van der Waals surface area (Å²) < 4.78 is 1.46. The van der Waals surface area contributed by atoms with E-state index in [1.807, 2.05) is 0 Å². The largest absolute Gasteiger partial charge is 0.353 e. The molecule has 7 heteroatoms. The van der Waals surface area contributed by atoms with Crippen molar-refractivity contribution in [2.45, 2.75) is 38.3 Å². The number of nitrogens with zero attached hydrogens (tertiary/aromatic N) is 3. The lowest BCUT2D eigenvalue weighted by Gasteiger charge is -2.32. The molecule has 0 aromatic carbocycles. The summed E-state index contributed by atoms with van der Waals surface area (Å²) in [6.45, 7) is 2.45. The van der Waals surface area contributed by atoms with Crippen LogP contribution < -0.4 is 10.9 Å². The fourth-order valence-electron chi connectivity index (χ4n) is 3.34. The second kappa shape index (κ2) is 6.77. The number of carbonyl (C=O) groups is 1. The molecule has 1 saturated carbocycles. The van der Waals surface area contributed by atoms with Crippen LogP contribution in [0.2, 0.25) is 5.02 Å². The fraction of sp³-hybridized carbons (Fsp3) is 0.500. The number of hydrogen-bond acceptors (Lipinski definition) is 4. The van der Waals surface area contributed by atoms with Gasteiger partial charge >= 0.3 is 0 Å². The van der Waals surface area contributed by atoms with Crippen molar-refractivity contribution in [3.05, 3.63) is 45.5 Å². The SMILES string of the molecule is O=C(NC1CCN(Cc2cc(=O)n3cc(Cl)ccc3n2)CC1)C1CC1. The fourth-order valence-corrected chi connectivity index (χ4v) is 3.50. The van der Waals surface area contributed by atoms with Crippen LogP contribution >= 0.6 is 11.6 Å². The molecule has 2 aromatic heterocycles. The number of amides is 1. The molecule has 0 atom stereocenters. The Balaban J connectivity index is 1.38. The second-order valence-corrected chi connectivity index (χ2v) is 7.43. The highest BCUT2D eigenvalue weighted by Gasteiger charge is 2.31. The summed E-state index contributed by atoms with van der Waals surface area (Å²) in [4.78, 5) is 30.9. The standard InChI is InChI=1S/C18H21ClN4O2/c19-13-3-4-16-20-15(9-17(24)23(16)10-13)11-22-7-5-14(6-8-22)21-18(25)12-1-2-12/h3-4,9-10,12,14H,1-2,5-8,11H2,(H,21,25). The van der Waals surface area contributed by atoms with Crippen LogP contribution in [0, 0.1) is 5.92 Å². The van der Waals surface area contributed by atoms with Gasteiger partial charge in [0.25, 0.3) is 5.56 Å². The van der Waals surface area contributed by atoms with Gasteiger partial charge in [0.05, 0.1) is 10.7 Å². The smallest absolute Gasteiger partial charge is 0.258 e. The molecule has 2 aliphatic rings. The van der Waals surface area contributed by atoms with Crippen LogP contribution in [0.15, 0.2) is 29.2 Å². The first kappa shape index (κ1) is 16.5. The van der Waals surface area contributed by atoms with Crippen LogP contribution in [0.3, 0.4) is 0 Å². The van der Waals surface area contributed by atoms with Gasteiger partial charge in [-0.3, -0.25) is 18.9 Å². The highest BCUT2D eigenvalue weighted by atomic mass is 35.5. The Morgan fingerprint density at radius 3 is 2.72 bits per heavy atom. The summed E-state index contributed by atoms with van der Waals surface area (Å²) in [5.74, 6) is 0.489. The van der Waals surface area contributed by atoms with Crippen LogP contribution in [0.5, 0.6) is 0 Å². The molecule has 1 amide bonds. The molecule has 6 nitrogen and oxygen atoms in total. The molecule has 2 fully saturated rings. The monoisotopic (exact) mass is 360 g/mol. The number of hydrogen-bond donors (Lipinski definition) is 1. The van der Waals surface area contributed by atoms with Crippen molar-refractivity contribution < 1.29 is 4.79 Å². The Bertz CT molecular complexity index is 854. The van der Waals surface area contributed by atoms with E-state index < -0.39 is 0 Å². The molecular weight excluding hydrogens is 340 g/mol. The van der Waals surface area contributed by atoms with E-state index in [0.717, 1.165) is 44.5 Å². The van der Waals surface area contributed by atoms with Gasteiger partial charge in [-0.15, -0.1) is 0 Å². The van der Waals surface area contributed by atoms with Gasteiger partial charge in [0.1, 0.15) is 5.65 Å². The van der Waals surface area contributed by atoms with E-state index in [0.29, 0.717) is 17.2 Å². The summed E-state index contributed by atoms with van der Waals surface area (Å²) in [5.41, 5.74) is 1.26. The third-order valence-corrected chi connectivity index (χ3v) is 5.17. The first-order valence-electron chi connectivity index (χ1n) is 8.79. The number of likely N-dealkylation sites (tertiary alicyclic amines) is 1. The summed E-state index contributed by atoms with van der Waals surface area (Å²) in [6.07, 6.45) is 5.56. The molecule has 25 heavy (non-hydrogen) atoms. The van der Waals surface area contributed by atoms with Crippen molar-refractivity contribution in [1.29, 1.82) is 0 Å². The normalized spacial score (nSPS) is 19.2. The molecule has 0 bridgehead atoms. The van der Waals surface area contributed by atoms with E-state index in [-0.39, 0.29) is 23.4 Å². The van der Waals surface area contributed by atoms with Crippen molar-refractivity contribution in [3.8, 4) is 0 Å². The van der Waals surface area contributed by atoms with Crippen LogP contribution in [-0.2, 0) is 11.3 Å². The zero-order valence-electron chi connectivity index (χ0n) is 13.9. The lowest BCUT2D eigenvalue weighted by atomic mass is 10.0. The minimum atomic E-state index is -0.117. The third kappa shape index (κ3) is 3.85. The highest BCUT2D eigenvalue weighted by Crippen LogP contribution is 2.29. The average molecular weight is 361 g/mol. The van der Waals surface area contributed by atoms with Crippen molar-refractivity contribution in [2.75, 3.05) is 13.1 Å². The molecule has 0 unspecified atom stereocenters. The zero-order valence-corrected chi connectivity index (χ0v) is 14.7. The van der Waals surface area contributed by atoms with Crippen LogP contribution in [0.25, 0.3) is 5.65 Å². The number of pyridine rings is 1. The molecule has 132 valence electrons. The van der Waals surface area contributed by atoms with Crippen molar-refractivity contribution in [3.63, 3.8) is 0 Å². The molecule has 1 saturated heterocycles. The maximum atomic E-state index is 12.2. The topological polar surface area (TPSA) is 66.7 Å². The Labute approximate surface area is 150 Å². The summed E-state index contributed by atoms with van der Waals surface area (Å²) in [7, 11) is 0. The van der Waals surface area contributed by atoms with Crippen LogP contribution in [0.4, 0.5) is 0 Å². The first-order valence-corrected chi connectivity index (χ1v) is 9.17. The minimum absolute atomic E-state index is 0.117. The van der Waals surface area contributed by atoms with Gasteiger partial charge in [-0.1, -0.05) is 11.6 Å². The van der Waals surface area contributed by atoms with E-state index in [1.54, 1.807) is 24.4 Å². The number of aromatic nitrogens is 2. The Hall–Kier alpha value is -1.92. The highest BCUT2D eigenvalue weighted by molar-refractivity contribution is 6.30. The van der Waals surface area contributed by atoms with Crippen molar-refractivity contribution >= 4 is 23.2 Å². The predicted octanol–water partition coefficient (Wildman–Crippen LogP) is 1.84. The Morgan fingerprint density at radius 1 is 1.24 bits per heavy atom. The van der Waals surface area contributed by atoms with Gasteiger partial charge in [-0.2, -0.15) is 0 Å². The first-order chi connectivity index (χ1) is 12.1. The van der Waals surface area contributed by atoms with E-state index in [4.69, 9.17) is 11.6 Å². The molecule has 1 N–H and O–H groups in total. The number of nitrogens with one attached hydrogen (secondary N) is 1. The van der Waals surface area contributed by atoms with Gasteiger partial charge in [0, 0.05) is 43.9 Å². The second-order valence-electron chi connectivity index (χ2n) is 6.99. The minimum Gasteiger partial charge on any atom is -0.353 e. The molecular formula is C18H21ClN4O2.